The van der Waals surface area contributed by atoms with Gasteiger partial charge in [0.1, 0.15) is 0 Å². The fraction of sp³-hybridized carbons (Fsp3) is 0.455. The van der Waals surface area contributed by atoms with Gasteiger partial charge in [0.05, 0.1) is 12.7 Å². The van der Waals surface area contributed by atoms with Gasteiger partial charge in [-0.1, -0.05) is 34.1 Å². The number of rotatable bonds is 3. The van der Waals surface area contributed by atoms with Crippen molar-refractivity contribution in [3.05, 3.63) is 34.3 Å². The van der Waals surface area contributed by atoms with Gasteiger partial charge in [-0.15, -0.1) is 0 Å². The number of halogens is 1. The van der Waals surface area contributed by atoms with Crippen LogP contribution in [-0.4, -0.2) is 24.4 Å². The zero-order valence-electron chi connectivity index (χ0n) is 8.23. The van der Waals surface area contributed by atoms with Gasteiger partial charge >= 0.3 is 0 Å². The Kier molecular flexibility index (Phi) is 3.75. The van der Waals surface area contributed by atoms with Crippen molar-refractivity contribution in [1.82, 2.24) is 0 Å². The van der Waals surface area contributed by atoms with Crippen LogP contribution in [0, 0.1) is 0 Å². The van der Waals surface area contributed by atoms with Crippen LogP contribution in [0.1, 0.15) is 18.3 Å². The monoisotopic (exact) mass is 272 g/mol. The Labute approximate surface area is 97.1 Å². The molecule has 1 fully saturated rings. The van der Waals surface area contributed by atoms with Gasteiger partial charge in [-0.3, -0.25) is 0 Å². The summed E-state index contributed by atoms with van der Waals surface area (Å²) in [6, 6.07) is 7.83. The molecule has 1 aromatic rings. The van der Waals surface area contributed by atoms with E-state index >= 15 is 0 Å². The summed E-state index contributed by atoms with van der Waals surface area (Å²) < 4.78 is 12.2. The minimum absolute atomic E-state index is 0.00658. The van der Waals surface area contributed by atoms with Crippen molar-refractivity contribution in [1.29, 1.82) is 0 Å². The normalized spacial score (nSPS) is 25.7. The van der Waals surface area contributed by atoms with Crippen molar-refractivity contribution in [2.24, 2.45) is 0 Å². The molecule has 1 aliphatic rings. The van der Waals surface area contributed by atoms with Crippen LogP contribution < -0.4 is 0 Å². The van der Waals surface area contributed by atoms with Gasteiger partial charge in [0, 0.05) is 16.6 Å². The van der Waals surface area contributed by atoms with E-state index in [4.69, 9.17) is 14.6 Å². The standard InChI is InChI=1S/C11H13BrO3/c12-10-4-2-1-3-9(10)11-14-7-8(15-11)5-6-13/h1-4,8,11,13H,5-7H2. The summed E-state index contributed by atoms with van der Waals surface area (Å²) in [4.78, 5) is 0. The zero-order valence-corrected chi connectivity index (χ0v) is 9.81. The second-order valence-electron chi connectivity index (χ2n) is 3.46. The van der Waals surface area contributed by atoms with Gasteiger partial charge in [-0.25, -0.2) is 0 Å². The minimum atomic E-state index is -0.308. The molecular formula is C11H13BrO3. The van der Waals surface area contributed by atoms with Crippen LogP contribution in [0.2, 0.25) is 0 Å². The highest BCUT2D eigenvalue weighted by molar-refractivity contribution is 9.10. The lowest BCUT2D eigenvalue weighted by atomic mass is 10.2. The Bertz CT molecular complexity index is 329. The van der Waals surface area contributed by atoms with Crippen LogP contribution >= 0.6 is 15.9 Å². The van der Waals surface area contributed by atoms with Crippen molar-refractivity contribution in [3.8, 4) is 0 Å². The molecule has 2 unspecified atom stereocenters. The van der Waals surface area contributed by atoms with Gasteiger partial charge in [0.15, 0.2) is 6.29 Å². The van der Waals surface area contributed by atoms with E-state index in [1.54, 1.807) is 0 Å². The van der Waals surface area contributed by atoms with Gasteiger partial charge in [-0.05, 0) is 12.5 Å². The lowest BCUT2D eigenvalue weighted by Crippen LogP contribution is -2.11. The molecule has 2 atom stereocenters. The first kappa shape index (κ1) is 11.1. The van der Waals surface area contributed by atoms with E-state index in [1.807, 2.05) is 24.3 Å². The smallest absolute Gasteiger partial charge is 0.185 e. The minimum Gasteiger partial charge on any atom is -0.396 e. The summed E-state index contributed by atoms with van der Waals surface area (Å²) in [5, 5.41) is 8.79. The molecule has 1 aliphatic heterocycles. The Balaban J connectivity index is 2.04. The summed E-state index contributed by atoms with van der Waals surface area (Å²) in [5.74, 6) is 0. The molecule has 1 aromatic carbocycles. The molecule has 15 heavy (non-hydrogen) atoms. The fourth-order valence-corrected chi connectivity index (χ4v) is 2.04. The maximum Gasteiger partial charge on any atom is 0.185 e. The summed E-state index contributed by atoms with van der Waals surface area (Å²) in [6.45, 7) is 0.684. The number of hydrogen-bond acceptors (Lipinski definition) is 3. The predicted molar refractivity (Wildman–Crippen MR) is 59.4 cm³/mol. The van der Waals surface area contributed by atoms with Gasteiger partial charge in [-0.2, -0.15) is 0 Å². The first-order valence-electron chi connectivity index (χ1n) is 4.93. The van der Waals surface area contributed by atoms with E-state index in [1.165, 1.54) is 0 Å². The molecule has 2 rings (SSSR count). The van der Waals surface area contributed by atoms with E-state index < -0.39 is 0 Å². The van der Waals surface area contributed by atoms with Crippen molar-refractivity contribution >= 4 is 15.9 Å². The molecule has 0 aliphatic carbocycles. The molecule has 1 heterocycles. The van der Waals surface area contributed by atoms with Crippen molar-refractivity contribution in [3.63, 3.8) is 0 Å². The quantitative estimate of drug-likeness (QED) is 0.918. The summed E-state index contributed by atoms with van der Waals surface area (Å²) >= 11 is 3.46. The Hall–Kier alpha value is -0.420. The molecule has 1 saturated heterocycles. The van der Waals surface area contributed by atoms with Crippen molar-refractivity contribution in [2.75, 3.05) is 13.2 Å². The first-order chi connectivity index (χ1) is 7.31. The van der Waals surface area contributed by atoms with E-state index in [2.05, 4.69) is 15.9 Å². The van der Waals surface area contributed by atoms with Crippen LogP contribution in [0.5, 0.6) is 0 Å². The highest BCUT2D eigenvalue weighted by Crippen LogP contribution is 2.32. The SMILES string of the molecule is OCCC1COC(c2ccccc2Br)O1. The van der Waals surface area contributed by atoms with Crippen LogP contribution in [0.4, 0.5) is 0 Å². The lowest BCUT2D eigenvalue weighted by Gasteiger charge is -2.12. The molecule has 0 spiro atoms. The molecular weight excluding hydrogens is 260 g/mol. The molecule has 3 nitrogen and oxygen atoms in total. The van der Waals surface area contributed by atoms with Gasteiger partial charge in [0.25, 0.3) is 0 Å². The highest BCUT2D eigenvalue weighted by atomic mass is 79.9. The second kappa shape index (κ2) is 5.07. The zero-order chi connectivity index (χ0) is 10.7. The summed E-state index contributed by atoms with van der Waals surface area (Å²) in [7, 11) is 0. The third kappa shape index (κ3) is 2.58. The van der Waals surface area contributed by atoms with Gasteiger partial charge < -0.3 is 14.6 Å². The third-order valence-corrected chi connectivity index (χ3v) is 3.08. The molecule has 0 radical (unpaired) electrons. The Morgan fingerprint density at radius 3 is 2.93 bits per heavy atom. The number of hydrogen-bond donors (Lipinski definition) is 1. The van der Waals surface area contributed by atoms with Crippen LogP contribution in [0.15, 0.2) is 28.7 Å². The molecule has 1 N–H and O–H groups in total. The highest BCUT2D eigenvalue weighted by Gasteiger charge is 2.27. The van der Waals surface area contributed by atoms with E-state index in [9.17, 15) is 0 Å². The maximum atomic E-state index is 8.79. The molecule has 0 saturated carbocycles. The number of benzene rings is 1. The number of aliphatic hydroxyl groups excluding tert-OH is 1. The van der Waals surface area contributed by atoms with Crippen LogP contribution in [0.25, 0.3) is 0 Å². The summed E-state index contributed by atoms with van der Waals surface area (Å²) in [6.07, 6.45) is 0.324. The van der Waals surface area contributed by atoms with Crippen LogP contribution in [0.3, 0.4) is 0 Å². The average molecular weight is 273 g/mol. The fourth-order valence-electron chi connectivity index (χ4n) is 1.57. The Morgan fingerprint density at radius 2 is 2.20 bits per heavy atom. The molecule has 82 valence electrons. The Morgan fingerprint density at radius 1 is 1.40 bits per heavy atom. The number of aliphatic hydroxyl groups is 1. The first-order valence-corrected chi connectivity index (χ1v) is 5.73. The molecule has 0 bridgehead atoms. The molecule has 0 aromatic heterocycles. The average Bonchev–Trinajstić information content (AvgIpc) is 2.68. The van der Waals surface area contributed by atoms with E-state index in [-0.39, 0.29) is 19.0 Å². The number of ether oxygens (including phenoxy) is 2. The van der Waals surface area contributed by atoms with E-state index in [0.29, 0.717) is 13.0 Å². The largest absolute Gasteiger partial charge is 0.396 e. The molecule has 4 heteroatoms. The van der Waals surface area contributed by atoms with Crippen molar-refractivity contribution < 1.29 is 14.6 Å². The van der Waals surface area contributed by atoms with Crippen LogP contribution in [-0.2, 0) is 9.47 Å². The predicted octanol–water partition coefficient (Wildman–Crippen LogP) is 2.25. The van der Waals surface area contributed by atoms with Crippen molar-refractivity contribution in [2.45, 2.75) is 18.8 Å². The van der Waals surface area contributed by atoms with E-state index in [0.717, 1.165) is 10.0 Å². The second-order valence-corrected chi connectivity index (χ2v) is 4.31. The van der Waals surface area contributed by atoms with Gasteiger partial charge in [0.2, 0.25) is 0 Å². The topological polar surface area (TPSA) is 38.7 Å². The summed E-state index contributed by atoms with van der Waals surface area (Å²) in [5.41, 5.74) is 0.998. The maximum absolute atomic E-state index is 8.79. The lowest BCUT2D eigenvalue weighted by molar-refractivity contribution is -0.0632. The molecule has 0 amide bonds. The third-order valence-electron chi connectivity index (χ3n) is 2.36.